The van der Waals surface area contributed by atoms with E-state index in [1.807, 2.05) is 20.8 Å². The van der Waals surface area contributed by atoms with Crippen molar-refractivity contribution in [1.29, 1.82) is 0 Å². The first-order valence-corrected chi connectivity index (χ1v) is 5.82. The summed E-state index contributed by atoms with van der Waals surface area (Å²) in [6.07, 6.45) is 0. The number of benzene rings is 1. The summed E-state index contributed by atoms with van der Waals surface area (Å²) in [6.45, 7) is 5.74. The Labute approximate surface area is 104 Å². The summed E-state index contributed by atoms with van der Waals surface area (Å²) in [5, 5.41) is 0. The highest BCUT2D eigenvalue weighted by Gasteiger charge is 2.19. The molecule has 5 nitrogen and oxygen atoms in total. The van der Waals surface area contributed by atoms with Crippen molar-refractivity contribution in [1.82, 2.24) is 4.98 Å². The van der Waals surface area contributed by atoms with Crippen LogP contribution in [0.3, 0.4) is 0 Å². The molecule has 0 aliphatic rings. The molecule has 0 aliphatic carbocycles. The number of rotatable bonds is 3. The van der Waals surface area contributed by atoms with Crippen molar-refractivity contribution < 1.29 is 13.9 Å². The minimum atomic E-state index is -0.524. The normalized spacial score (nSPS) is 12.9. The van der Waals surface area contributed by atoms with E-state index in [0.717, 1.165) is 0 Å². The molecule has 0 fully saturated rings. The molecule has 18 heavy (non-hydrogen) atoms. The largest absolute Gasteiger partial charge is 0.426 e. The number of carbonyl (C=O) groups is 1. The van der Waals surface area contributed by atoms with E-state index in [1.165, 1.54) is 6.07 Å². The van der Waals surface area contributed by atoms with Crippen LogP contribution in [0.4, 0.5) is 0 Å². The highest BCUT2D eigenvalue weighted by atomic mass is 16.5. The number of H-pyrrole nitrogens is 1. The van der Waals surface area contributed by atoms with E-state index in [2.05, 4.69) is 4.98 Å². The van der Waals surface area contributed by atoms with Crippen molar-refractivity contribution in [2.24, 2.45) is 11.8 Å². The Morgan fingerprint density at radius 1 is 1.33 bits per heavy atom. The Morgan fingerprint density at radius 2 is 2.06 bits per heavy atom. The molecule has 0 spiro atoms. The van der Waals surface area contributed by atoms with Crippen LogP contribution >= 0.6 is 0 Å². The fourth-order valence-electron chi connectivity index (χ4n) is 1.47. The minimum Gasteiger partial charge on any atom is -0.426 e. The predicted molar refractivity (Wildman–Crippen MR) is 66.5 cm³/mol. The molecule has 0 saturated heterocycles. The third-order valence-corrected chi connectivity index (χ3v) is 2.98. The van der Waals surface area contributed by atoms with Gasteiger partial charge >= 0.3 is 11.7 Å². The molecule has 0 aliphatic heterocycles. The van der Waals surface area contributed by atoms with Crippen molar-refractivity contribution in [2.45, 2.75) is 20.8 Å². The average molecular weight is 249 g/mol. The van der Waals surface area contributed by atoms with Gasteiger partial charge in [0.05, 0.1) is 11.4 Å². The molecule has 1 N–H and O–H groups in total. The molecule has 0 radical (unpaired) electrons. The van der Waals surface area contributed by atoms with E-state index < -0.39 is 5.76 Å². The van der Waals surface area contributed by atoms with Gasteiger partial charge in [0.15, 0.2) is 5.58 Å². The van der Waals surface area contributed by atoms with Crippen LogP contribution in [-0.4, -0.2) is 11.0 Å². The van der Waals surface area contributed by atoms with Crippen LogP contribution in [0.25, 0.3) is 11.1 Å². The quantitative estimate of drug-likeness (QED) is 0.669. The summed E-state index contributed by atoms with van der Waals surface area (Å²) >= 11 is 0. The molecule has 96 valence electrons. The molecule has 0 saturated carbocycles. The summed E-state index contributed by atoms with van der Waals surface area (Å²) in [5.74, 6) is -0.403. The standard InChI is InChI=1S/C13H15NO4/c1-7(2)8(3)12(15)17-9-4-5-10-11(6-9)18-13(16)14-10/h4-8H,1-3H3,(H,14,16). The van der Waals surface area contributed by atoms with Crippen LogP contribution in [0.15, 0.2) is 27.4 Å². The molecule has 0 bridgehead atoms. The summed E-state index contributed by atoms with van der Waals surface area (Å²) in [4.78, 5) is 25.3. The molecule has 1 atom stereocenters. The zero-order chi connectivity index (χ0) is 13.3. The number of aromatic nitrogens is 1. The molecule has 2 aromatic rings. The topological polar surface area (TPSA) is 72.3 Å². The Kier molecular flexibility index (Phi) is 3.23. The zero-order valence-electron chi connectivity index (χ0n) is 10.5. The van der Waals surface area contributed by atoms with Gasteiger partial charge in [0, 0.05) is 6.07 Å². The molecular weight excluding hydrogens is 234 g/mol. The van der Waals surface area contributed by atoms with Gasteiger partial charge in [-0.1, -0.05) is 20.8 Å². The predicted octanol–water partition coefficient (Wildman–Crippen LogP) is 2.32. The van der Waals surface area contributed by atoms with E-state index >= 15 is 0 Å². The molecule has 0 amide bonds. The van der Waals surface area contributed by atoms with Crippen molar-refractivity contribution in [2.75, 3.05) is 0 Å². The van der Waals surface area contributed by atoms with Gasteiger partial charge in [-0.05, 0) is 18.1 Å². The van der Waals surface area contributed by atoms with Crippen molar-refractivity contribution in [3.05, 3.63) is 28.7 Å². The Morgan fingerprint density at radius 3 is 2.72 bits per heavy atom. The maximum Gasteiger partial charge on any atom is 0.417 e. The molecule has 2 rings (SSSR count). The summed E-state index contributed by atoms with van der Waals surface area (Å²) in [7, 11) is 0. The number of nitrogens with one attached hydrogen (secondary N) is 1. The third-order valence-electron chi connectivity index (χ3n) is 2.98. The van der Waals surface area contributed by atoms with Gasteiger partial charge < -0.3 is 9.15 Å². The second-order valence-corrected chi connectivity index (χ2v) is 4.63. The number of carbonyl (C=O) groups excluding carboxylic acids is 1. The van der Waals surface area contributed by atoms with Gasteiger partial charge in [-0.2, -0.15) is 0 Å². The van der Waals surface area contributed by atoms with E-state index in [1.54, 1.807) is 12.1 Å². The molecule has 1 aromatic carbocycles. The number of oxazole rings is 1. The number of esters is 1. The molecular formula is C13H15NO4. The molecule has 5 heteroatoms. The molecule has 1 aromatic heterocycles. The van der Waals surface area contributed by atoms with Gasteiger partial charge in [0.2, 0.25) is 0 Å². The molecule has 1 unspecified atom stereocenters. The maximum atomic E-state index is 11.8. The SMILES string of the molecule is CC(C)C(C)C(=O)Oc1ccc2[nH]c(=O)oc2c1. The second kappa shape index (κ2) is 4.68. The van der Waals surface area contributed by atoms with E-state index in [-0.39, 0.29) is 17.8 Å². The Hall–Kier alpha value is -2.04. The van der Waals surface area contributed by atoms with Crippen molar-refractivity contribution in [3.63, 3.8) is 0 Å². The smallest absolute Gasteiger partial charge is 0.417 e. The highest BCUT2D eigenvalue weighted by molar-refractivity contribution is 5.78. The first-order chi connectivity index (χ1) is 8.47. The number of fused-ring (bicyclic) bond motifs is 1. The van der Waals surface area contributed by atoms with Gasteiger partial charge in [-0.15, -0.1) is 0 Å². The first kappa shape index (κ1) is 12.4. The third kappa shape index (κ3) is 2.45. The van der Waals surface area contributed by atoms with Crippen LogP contribution in [0.1, 0.15) is 20.8 Å². The van der Waals surface area contributed by atoms with Crippen molar-refractivity contribution >= 4 is 17.1 Å². The van der Waals surface area contributed by atoms with Gasteiger partial charge in [-0.3, -0.25) is 9.78 Å². The van der Waals surface area contributed by atoms with E-state index in [9.17, 15) is 9.59 Å². The van der Waals surface area contributed by atoms with Gasteiger partial charge in [0.25, 0.3) is 0 Å². The van der Waals surface area contributed by atoms with Crippen LogP contribution in [0.2, 0.25) is 0 Å². The number of hydrogen-bond acceptors (Lipinski definition) is 4. The van der Waals surface area contributed by atoms with Gasteiger partial charge in [0.1, 0.15) is 5.75 Å². The minimum absolute atomic E-state index is 0.182. The fourth-order valence-corrected chi connectivity index (χ4v) is 1.47. The lowest BCUT2D eigenvalue weighted by molar-refractivity contribution is -0.139. The number of ether oxygens (including phenoxy) is 1. The first-order valence-electron chi connectivity index (χ1n) is 5.82. The number of hydrogen-bond donors (Lipinski definition) is 1. The van der Waals surface area contributed by atoms with Crippen LogP contribution in [0.5, 0.6) is 5.75 Å². The second-order valence-electron chi connectivity index (χ2n) is 4.63. The highest BCUT2D eigenvalue weighted by Crippen LogP contribution is 2.20. The lowest BCUT2D eigenvalue weighted by Gasteiger charge is -2.13. The zero-order valence-corrected chi connectivity index (χ0v) is 10.5. The van der Waals surface area contributed by atoms with Gasteiger partial charge in [-0.25, -0.2) is 4.79 Å². The lowest BCUT2D eigenvalue weighted by Crippen LogP contribution is -2.22. The van der Waals surface area contributed by atoms with Crippen LogP contribution in [-0.2, 0) is 4.79 Å². The monoisotopic (exact) mass is 249 g/mol. The Balaban J connectivity index is 2.21. The Bertz CT molecular complexity index is 623. The summed E-state index contributed by atoms with van der Waals surface area (Å²) in [5.41, 5.74) is 0.958. The van der Waals surface area contributed by atoms with E-state index in [0.29, 0.717) is 16.8 Å². The summed E-state index contributed by atoms with van der Waals surface area (Å²) < 4.78 is 10.1. The van der Waals surface area contributed by atoms with Crippen molar-refractivity contribution in [3.8, 4) is 5.75 Å². The maximum absolute atomic E-state index is 11.8. The lowest BCUT2D eigenvalue weighted by atomic mass is 9.99. The average Bonchev–Trinajstić information content (AvgIpc) is 2.67. The fraction of sp³-hybridized carbons (Fsp3) is 0.385. The summed E-state index contributed by atoms with van der Waals surface area (Å²) in [6, 6.07) is 4.79. The van der Waals surface area contributed by atoms with E-state index in [4.69, 9.17) is 9.15 Å². The van der Waals surface area contributed by atoms with Crippen LogP contribution < -0.4 is 10.5 Å². The molecule has 1 heterocycles. The number of aromatic amines is 1. The van der Waals surface area contributed by atoms with Crippen LogP contribution in [0, 0.1) is 11.8 Å².